The van der Waals surface area contributed by atoms with Crippen molar-refractivity contribution in [2.75, 3.05) is 11.4 Å². The molecule has 1 aromatic heterocycles. The molecule has 0 saturated carbocycles. The molecule has 3 aromatic carbocycles. The molecule has 5 rings (SSSR count). The molecule has 8 heteroatoms. The van der Waals surface area contributed by atoms with E-state index in [4.69, 9.17) is 0 Å². The molecule has 0 bridgehead atoms. The van der Waals surface area contributed by atoms with E-state index in [-0.39, 0.29) is 11.6 Å². The maximum Gasteiger partial charge on any atom is 0.416 e. The van der Waals surface area contributed by atoms with Crippen molar-refractivity contribution in [2.24, 2.45) is 0 Å². The van der Waals surface area contributed by atoms with Crippen LogP contribution in [0.1, 0.15) is 21.5 Å². The summed E-state index contributed by atoms with van der Waals surface area (Å²) in [6.45, 7) is 0.337. The van der Waals surface area contributed by atoms with Gasteiger partial charge in [0.15, 0.2) is 0 Å². The molecule has 0 unspecified atom stereocenters. The fourth-order valence-corrected chi connectivity index (χ4v) is 4.00. The van der Waals surface area contributed by atoms with Crippen molar-refractivity contribution in [3.05, 3.63) is 93.9 Å². The zero-order chi connectivity index (χ0) is 21.8. The standard InChI is InChI=1S/C23H16F3N3O2/c24-23(25,26)15-5-7-16(8-6-15)28-12-11-14-13-17(9-10-18(14)21(28)30)29-20-4-2-1-3-19(20)27-22(29)31/h1-10,13H,11-12H2,(H,27,31). The Bertz CT molecular complexity index is 1370. The minimum Gasteiger partial charge on any atom is -0.308 e. The van der Waals surface area contributed by atoms with Crippen molar-refractivity contribution in [1.29, 1.82) is 0 Å². The Hall–Kier alpha value is -3.81. The minimum absolute atomic E-state index is 0.269. The molecule has 31 heavy (non-hydrogen) atoms. The predicted octanol–water partition coefficient (Wildman–Crippen LogP) is 4.54. The van der Waals surface area contributed by atoms with Crippen LogP contribution in [0.25, 0.3) is 16.7 Å². The summed E-state index contributed by atoms with van der Waals surface area (Å²) in [6, 6.07) is 17.1. The first-order valence-corrected chi connectivity index (χ1v) is 9.65. The molecule has 0 aliphatic carbocycles. The zero-order valence-corrected chi connectivity index (χ0v) is 16.1. The average Bonchev–Trinajstić information content (AvgIpc) is 3.09. The largest absolute Gasteiger partial charge is 0.416 e. The second-order valence-corrected chi connectivity index (χ2v) is 7.38. The van der Waals surface area contributed by atoms with Gasteiger partial charge in [-0.05, 0) is 66.6 Å². The summed E-state index contributed by atoms with van der Waals surface area (Å²) in [5.74, 6) is -0.279. The molecule has 0 fully saturated rings. The third kappa shape index (κ3) is 3.20. The topological polar surface area (TPSA) is 58.1 Å². The van der Waals surface area contributed by atoms with Gasteiger partial charge in [-0.2, -0.15) is 13.2 Å². The van der Waals surface area contributed by atoms with Gasteiger partial charge in [0.05, 0.1) is 22.3 Å². The van der Waals surface area contributed by atoms with Crippen LogP contribution in [0.2, 0.25) is 0 Å². The van der Waals surface area contributed by atoms with Crippen LogP contribution in [0, 0.1) is 0 Å². The Balaban J connectivity index is 1.49. The van der Waals surface area contributed by atoms with Gasteiger partial charge in [-0.25, -0.2) is 4.79 Å². The highest BCUT2D eigenvalue weighted by Crippen LogP contribution is 2.32. The van der Waals surface area contributed by atoms with Gasteiger partial charge in [-0.1, -0.05) is 12.1 Å². The number of fused-ring (bicyclic) bond motifs is 2. The Kier molecular flexibility index (Phi) is 4.25. The summed E-state index contributed by atoms with van der Waals surface area (Å²) in [4.78, 5) is 29.7. The summed E-state index contributed by atoms with van der Waals surface area (Å²) < 4.78 is 40.0. The molecule has 5 nitrogen and oxygen atoms in total. The van der Waals surface area contributed by atoms with Crippen LogP contribution in [0.3, 0.4) is 0 Å². The number of halogens is 3. The quantitative estimate of drug-likeness (QED) is 0.515. The smallest absolute Gasteiger partial charge is 0.308 e. The maximum absolute atomic E-state index is 13.0. The van der Waals surface area contributed by atoms with Crippen LogP contribution in [0.5, 0.6) is 0 Å². The van der Waals surface area contributed by atoms with Gasteiger partial charge in [0, 0.05) is 17.8 Å². The van der Waals surface area contributed by atoms with E-state index in [2.05, 4.69) is 4.98 Å². The summed E-state index contributed by atoms with van der Waals surface area (Å²) in [6.07, 6.45) is -3.90. The normalized spacial score (nSPS) is 14.2. The fraction of sp³-hybridized carbons (Fsp3) is 0.130. The number of aromatic amines is 1. The number of benzene rings is 3. The lowest BCUT2D eigenvalue weighted by molar-refractivity contribution is -0.137. The third-order valence-electron chi connectivity index (χ3n) is 5.52. The van der Waals surface area contributed by atoms with E-state index in [1.165, 1.54) is 17.0 Å². The van der Waals surface area contributed by atoms with E-state index in [0.29, 0.717) is 29.9 Å². The number of anilines is 1. The first-order chi connectivity index (χ1) is 14.8. The lowest BCUT2D eigenvalue weighted by Crippen LogP contribution is -2.37. The first kappa shape index (κ1) is 19.2. The first-order valence-electron chi connectivity index (χ1n) is 9.65. The van der Waals surface area contributed by atoms with Gasteiger partial charge in [-0.3, -0.25) is 9.36 Å². The minimum atomic E-state index is -4.42. The number of hydrogen-bond acceptors (Lipinski definition) is 2. The van der Waals surface area contributed by atoms with Gasteiger partial charge in [0.1, 0.15) is 0 Å². The predicted molar refractivity (Wildman–Crippen MR) is 111 cm³/mol. The second-order valence-electron chi connectivity index (χ2n) is 7.38. The highest BCUT2D eigenvalue weighted by molar-refractivity contribution is 6.08. The van der Waals surface area contributed by atoms with Crippen LogP contribution in [-0.2, 0) is 12.6 Å². The van der Waals surface area contributed by atoms with Crippen molar-refractivity contribution in [2.45, 2.75) is 12.6 Å². The van der Waals surface area contributed by atoms with Crippen LogP contribution < -0.4 is 10.6 Å². The number of nitrogens with zero attached hydrogens (tertiary/aromatic N) is 2. The van der Waals surface area contributed by atoms with E-state index >= 15 is 0 Å². The Morgan fingerprint density at radius 2 is 1.58 bits per heavy atom. The molecule has 0 saturated heterocycles. The summed E-state index contributed by atoms with van der Waals surface area (Å²) in [5, 5.41) is 0. The summed E-state index contributed by atoms with van der Waals surface area (Å²) in [7, 11) is 0. The number of para-hydroxylation sites is 2. The number of amides is 1. The molecule has 156 valence electrons. The van der Waals surface area contributed by atoms with Crippen LogP contribution in [-0.4, -0.2) is 22.0 Å². The molecule has 0 atom stereocenters. The fourth-order valence-electron chi connectivity index (χ4n) is 4.00. The number of alkyl halides is 3. The van der Waals surface area contributed by atoms with E-state index in [9.17, 15) is 22.8 Å². The third-order valence-corrected chi connectivity index (χ3v) is 5.52. The number of imidazole rings is 1. The summed E-state index contributed by atoms with van der Waals surface area (Å²) in [5.41, 5.74) is 2.77. The number of H-pyrrole nitrogens is 1. The summed E-state index contributed by atoms with van der Waals surface area (Å²) >= 11 is 0. The highest BCUT2D eigenvalue weighted by Gasteiger charge is 2.31. The Morgan fingerprint density at radius 3 is 2.32 bits per heavy atom. The van der Waals surface area contributed by atoms with Crippen LogP contribution in [0.15, 0.2) is 71.5 Å². The van der Waals surface area contributed by atoms with Crippen LogP contribution >= 0.6 is 0 Å². The van der Waals surface area contributed by atoms with Gasteiger partial charge in [-0.15, -0.1) is 0 Å². The lowest BCUT2D eigenvalue weighted by Gasteiger charge is -2.29. The number of carbonyl (C=O) groups excluding carboxylic acids is 1. The number of carbonyl (C=O) groups is 1. The number of aromatic nitrogens is 2. The van der Waals surface area contributed by atoms with E-state index in [1.807, 2.05) is 30.3 Å². The van der Waals surface area contributed by atoms with Crippen molar-refractivity contribution in [3.8, 4) is 5.69 Å². The Labute approximate surface area is 174 Å². The highest BCUT2D eigenvalue weighted by atomic mass is 19.4. The van der Waals surface area contributed by atoms with E-state index < -0.39 is 11.7 Å². The van der Waals surface area contributed by atoms with E-state index in [1.54, 1.807) is 16.7 Å². The molecule has 1 aliphatic heterocycles. The van der Waals surface area contributed by atoms with Crippen molar-refractivity contribution < 1.29 is 18.0 Å². The van der Waals surface area contributed by atoms with Crippen molar-refractivity contribution in [1.82, 2.24) is 9.55 Å². The number of hydrogen-bond donors (Lipinski definition) is 1. The molecule has 0 radical (unpaired) electrons. The van der Waals surface area contributed by atoms with Gasteiger partial charge in [0.2, 0.25) is 0 Å². The monoisotopic (exact) mass is 423 g/mol. The molecular weight excluding hydrogens is 407 g/mol. The Morgan fingerprint density at radius 1 is 0.871 bits per heavy atom. The van der Waals surface area contributed by atoms with E-state index in [0.717, 1.165) is 28.7 Å². The second kappa shape index (κ2) is 6.87. The molecule has 0 spiro atoms. The molecule has 4 aromatic rings. The van der Waals surface area contributed by atoms with Gasteiger partial charge in [0.25, 0.3) is 5.91 Å². The number of rotatable bonds is 2. The van der Waals surface area contributed by atoms with Gasteiger partial charge < -0.3 is 9.88 Å². The molecule has 1 aliphatic rings. The molecule has 2 heterocycles. The van der Waals surface area contributed by atoms with Crippen molar-refractivity contribution in [3.63, 3.8) is 0 Å². The lowest BCUT2D eigenvalue weighted by atomic mass is 9.97. The number of nitrogens with one attached hydrogen (secondary N) is 1. The molecule has 1 amide bonds. The van der Waals surface area contributed by atoms with Crippen molar-refractivity contribution >= 4 is 22.6 Å². The van der Waals surface area contributed by atoms with Gasteiger partial charge >= 0.3 is 11.9 Å². The average molecular weight is 423 g/mol. The maximum atomic E-state index is 13.0. The van der Waals surface area contributed by atoms with Crippen LogP contribution in [0.4, 0.5) is 18.9 Å². The molecular formula is C23H16F3N3O2. The zero-order valence-electron chi connectivity index (χ0n) is 16.1. The SMILES string of the molecule is O=C1c2ccc(-n3c(=O)[nH]c4ccccc43)cc2CCN1c1ccc(C(F)(F)F)cc1. The molecule has 1 N–H and O–H groups in total.